The van der Waals surface area contributed by atoms with Gasteiger partial charge in [0.25, 0.3) is 0 Å². The van der Waals surface area contributed by atoms with Crippen molar-refractivity contribution in [1.29, 1.82) is 0 Å². The van der Waals surface area contributed by atoms with Gasteiger partial charge in [-0.3, -0.25) is 0 Å². The molecule has 0 aliphatic carbocycles. The van der Waals surface area contributed by atoms with Gasteiger partial charge in [0, 0.05) is 54.1 Å². The van der Waals surface area contributed by atoms with Crippen LogP contribution in [-0.4, -0.2) is 14.1 Å². The Morgan fingerprint density at radius 1 is 0.521 bits per heavy atom. The number of ether oxygens (including phenoxy) is 1. The monoisotopic (exact) mass is 1130 g/mol. The van der Waals surface area contributed by atoms with E-state index in [-0.39, 0.29) is 37.3 Å². The van der Waals surface area contributed by atoms with Crippen LogP contribution in [0.25, 0.3) is 82.1 Å². The summed E-state index contributed by atoms with van der Waals surface area (Å²) in [5.41, 5.74) is 10.6. The van der Waals surface area contributed by atoms with E-state index in [1.807, 2.05) is 36.5 Å². The Balaban J connectivity index is 0.00000616. The number of aryl methyl sites for hydroxylation is 1. The third kappa shape index (κ3) is 8.32. The minimum absolute atomic E-state index is 0. The van der Waals surface area contributed by atoms with Crippen molar-refractivity contribution in [2.45, 2.75) is 85.4 Å². The molecule has 0 fully saturated rings. The van der Waals surface area contributed by atoms with Crippen molar-refractivity contribution < 1.29 is 29.9 Å². The van der Waals surface area contributed by atoms with Gasteiger partial charge in [0.1, 0.15) is 5.82 Å². The molecule has 0 amide bonds. The molecular formula is C67H59N4OPt-3. The van der Waals surface area contributed by atoms with Crippen LogP contribution in [0, 0.1) is 25.7 Å². The molecular weight excluding hydrogens is 1070 g/mol. The molecule has 0 saturated carbocycles. The van der Waals surface area contributed by atoms with Gasteiger partial charge in [0.2, 0.25) is 0 Å². The molecule has 73 heavy (non-hydrogen) atoms. The second kappa shape index (κ2) is 17.7. The van der Waals surface area contributed by atoms with E-state index in [1.54, 1.807) is 0 Å². The van der Waals surface area contributed by atoms with Crippen molar-refractivity contribution >= 4 is 76.5 Å². The summed E-state index contributed by atoms with van der Waals surface area (Å²) in [5, 5.41) is 8.74. The van der Waals surface area contributed by atoms with Crippen molar-refractivity contribution in [2.75, 3.05) is 4.90 Å². The summed E-state index contributed by atoms with van der Waals surface area (Å²) < 4.78 is 37.2. The van der Waals surface area contributed by atoms with Crippen LogP contribution in [0.2, 0.25) is 0 Å². The van der Waals surface area contributed by atoms with Crippen molar-refractivity contribution in [3.8, 4) is 28.4 Å². The Hall–Kier alpha value is -7.33. The molecule has 0 N–H and O–H groups in total. The number of rotatable bonds is 5. The van der Waals surface area contributed by atoms with Crippen LogP contribution in [0.4, 0.5) is 11.4 Å². The van der Waals surface area contributed by atoms with E-state index < -0.39 is 6.85 Å². The molecule has 8 aromatic carbocycles. The normalized spacial score (nSPS) is 13.5. The number of aromatic nitrogens is 3. The van der Waals surface area contributed by atoms with Crippen LogP contribution in [0.15, 0.2) is 170 Å². The number of fused-ring (bicyclic) bond motifs is 10. The Morgan fingerprint density at radius 3 is 1.90 bits per heavy atom. The molecule has 5 nitrogen and oxygen atoms in total. The van der Waals surface area contributed by atoms with Gasteiger partial charge in [-0.1, -0.05) is 188 Å². The second-order valence-electron chi connectivity index (χ2n) is 22.4. The average molecular weight is 1130 g/mol. The van der Waals surface area contributed by atoms with Gasteiger partial charge in [0.15, 0.2) is 0 Å². The number of anilines is 2. The maximum absolute atomic E-state index is 8.66. The number of benzene rings is 8. The summed E-state index contributed by atoms with van der Waals surface area (Å²) in [6, 6.07) is 64.6. The van der Waals surface area contributed by atoms with Crippen LogP contribution >= 0.6 is 0 Å². The Bertz CT molecular complexity index is 4170. The van der Waals surface area contributed by atoms with Gasteiger partial charge >= 0.3 is 0 Å². The first-order valence-corrected chi connectivity index (χ1v) is 24.9. The standard InChI is InChI=1S/C67H59N4O.Pt/c1-42-34-43(36-46(35-42)67(8,9)10)50-23-16-24-56-51-20-11-12-21-52(51)58-37-44(65(2,3)4)28-30-53(58)57-25-17-27-60-64(57)70(63(50)56)41-69(60)47-18-15-19-48(39-47)72-49-29-31-55-54-22-13-14-26-59(54)71(61(55)40-49)62-38-45(32-33-68-62)66(5,6)7;/h11-38,41H,1-10H3;/q-3;/i1D3;. The third-order valence-corrected chi connectivity index (χ3v) is 14.4. The molecule has 0 unspecified atom stereocenters. The molecule has 0 spiro atoms. The van der Waals surface area contributed by atoms with Gasteiger partial charge in [0.05, 0.1) is 0 Å². The maximum atomic E-state index is 8.66. The molecule has 11 aromatic rings. The maximum Gasteiger partial charge on any atom is 0.135 e. The fourth-order valence-electron chi connectivity index (χ4n) is 10.6. The topological polar surface area (TPSA) is 35.2 Å². The van der Waals surface area contributed by atoms with E-state index in [2.05, 4.69) is 229 Å². The summed E-state index contributed by atoms with van der Waals surface area (Å²) in [4.78, 5) is 7.08. The van der Waals surface area contributed by atoms with E-state index in [4.69, 9.17) is 13.8 Å². The number of hydrogen-bond acceptors (Lipinski definition) is 3. The van der Waals surface area contributed by atoms with Gasteiger partial charge in [-0.25, -0.2) is 4.98 Å². The molecule has 366 valence electrons. The Kier molecular flexibility index (Phi) is 10.8. The molecule has 1 aliphatic rings. The smallest absolute Gasteiger partial charge is 0.135 e. The average Bonchev–Trinajstić information content (AvgIpc) is 3.94. The number of nitrogens with zero attached hydrogens (tertiary/aromatic N) is 4. The molecule has 3 aromatic heterocycles. The van der Waals surface area contributed by atoms with Crippen LogP contribution in [0.1, 0.15) is 88.7 Å². The van der Waals surface area contributed by atoms with Gasteiger partial charge in [-0.15, -0.1) is 35.7 Å². The van der Waals surface area contributed by atoms with Crippen molar-refractivity contribution in [3.63, 3.8) is 0 Å². The molecule has 0 atom stereocenters. The Morgan fingerprint density at radius 2 is 1.15 bits per heavy atom. The SMILES string of the molecule is [2H]C([2H])([2H])c1cc(-c2cccc3c4ccccc4c4cc(C(C)(C)C)ccc4c4cccc5c4n(c23)[CH-]N5c2[c-]c(Oc3[c-]c4c(cc3)c3ccccc3n4-c3cc(C(C)(C)C)ccn3)ccc2)cc(C(C)(C)C)c1.[Pt]. The zero-order chi connectivity index (χ0) is 52.3. The molecule has 1 aliphatic heterocycles. The predicted octanol–water partition coefficient (Wildman–Crippen LogP) is 18.1. The second-order valence-corrected chi connectivity index (χ2v) is 22.4. The number of pyridine rings is 1. The summed E-state index contributed by atoms with van der Waals surface area (Å²) >= 11 is 0. The van der Waals surface area contributed by atoms with Gasteiger partial charge < -0.3 is 18.8 Å². The minimum atomic E-state index is -2.31. The van der Waals surface area contributed by atoms with Crippen LogP contribution in [0.5, 0.6) is 11.5 Å². The van der Waals surface area contributed by atoms with E-state index >= 15 is 0 Å². The van der Waals surface area contributed by atoms with Crippen molar-refractivity contribution in [2.24, 2.45) is 0 Å². The molecule has 0 bridgehead atoms. The first-order chi connectivity index (χ1) is 35.7. The fourth-order valence-corrected chi connectivity index (χ4v) is 10.6. The predicted molar refractivity (Wildman–Crippen MR) is 303 cm³/mol. The molecule has 4 heterocycles. The van der Waals surface area contributed by atoms with Crippen molar-refractivity contribution in [3.05, 3.63) is 211 Å². The fraction of sp³-hybridized carbons (Fsp3) is 0.194. The Labute approximate surface area is 447 Å². The summed E-state index contributed by atoms with van der Waals surface area (Å²) in [5.74, 6) is 1.92. The first kappa shape index (κ1) is 44.4. The van der Waals surface area contributed by atoms with E-state index in [0.29, 0.717) is 17.1 Å². The van der Waals surface area contributed by atoms with E-state index in [1.165, 1.54) is 11.1 Å². The van der Waals surface area contributed by atoms with E-state index in [9.17, 15) is 0 Å². The van der Waals surface area contributed by atoms with Gasteiger partial charge in [-0.2, -0.15) is 12.1 Å². The summed E-state index contributed by atoms with van der Waals surface area (Å²) in [6.45, 7) is 19.7. The zero-order valence-electron chi connectivity index (χ0n) is 45.8. The quantitative estimate of drug-likeness (QED) is 0.161. The van der Waals surface area contributed by atoms with E-state index in [0.717, 1.165) is 99.0 Å². The molecule has 0 radical (unpaired) electrons. The van der Waals surface area contributed by atoms with Crippen LogP contribution in [-0.2, 0) is 37.3 Å². The molecule has 0 saturated heterocycles. The van der Waals surface area contributed by atoms with Crippen LogP contribution in [0.3, 0.4) is 0 Å². The van der Waals surface area contributed by atoms with Gasteiger partial charge in [-0.05, 0) is 131 Å². The number of para-hydroxylation sites is 3. The van der Waals surface area contributed by atoms with Crippen LogP contribution < -0.4 is 9.64 Å². The third-order valence-electron chi connectivity index (χ3n) is 14.4. The minimum Gasteiger partial charge on any atom is -0.509 e. The van der Waals surface area contributed by atoms with Crippen molar-refractivity contribution in [1.82, 2.24) is 14.1 Å². The summed E-state index contributed by atoms with van der Waals surface area (Å²) in [6.07, 6.45) is 1.89. The zero-order valence-corrected chi connectivity index (χ0v) is 45.0. The molecule has 6 heteroatoms. The molecule has 12 rings (SSSR count). The number of hydrogen-bond donors (Lipinski definition) is 0. The largest absolute Gasteiger partial charge is 0.509 e. The summed E-state index contributed by atoms with van der Waals surface area (Å²) in [7, 11) is 0. The first-order valence-electron chi connectivity index (χ1n) is 26.4.